The Labute approximate surface area is 137 Å². The van der Waals surface area contributed by atoms with E-state index in [-0.39, 0.29) is 18.1 Å². The Morgan fingerprint density at radius 3 is 2.91 bits per heavy atom. The number of ether oxygens (including phenoxy) is 1. The van der Waals surface area contributed by atoms with Crippen LogP contribution in [0.2, 0.25) is 0 Å². The van der Waals surface area contributed by atoms with Gasteiger partial charge in [-0.15, -0.1) is 0 Å². The molecule has 1 aromatic carbocycles. The number of hydrogen-bond acceptors (Lipinski definition) is 3. The number of aromatic amines is 1. The van der Waals surface area contributed by atoms with Gasteiger partial charge in [0.1, 0.15) is 0 Å². The Kier molecular flexibility index (Phi) is 4.41. The maximum atomic E-state index is 12.6. The zero-order valence-electron chi connectivity index (χ0n) is 14.3. The molecule has 2 N–H and O–H groups in total. The summed E-state index contributed by atoms with van der Waals surface area (Å²) in [6, 6.07) is 5.86. The van der Waals surface area contributed by atoms with Crippen molar-refractivity contribution in [3.63, 3.8) is 0 Å². The second-order valence-electron chi connectivity index (χ2n) is 6.43. The van der Waals surface area contributed by atoms with Crippen LogP contribution < -0.4 is 5.32 Å². The molecule has 0 spiro atoms. The van der Waals surface area contributed by atoms with Crippen molar-refractivity contribution in [1.29, 1.82) is 0 Å². The van der Waals surface area contributed by atoms with E-state index in [1.807, 2.05) is 25.1 Å². The number of aromatic nitrogens is 1. The van der Waals surface area contributed by atoms with Crippen LogP contribution in [0.4, 0.5) is 0 Å². The predicted molar refractivity (Wildman–Crippen MR) is 91.9 cm³/mol. The second-order valence-corrected chi connectivity index (χ2v) is 6.43. The van der Waals surface area contributed by atoms with E-state index in [0.717, 1.165) is 29.7 Å². The number of benzene rings is 1. The minimum absolute atomic E-state index is 0.0323. The third-order valence-electron chi connectivity index (χ3n) is 4.72. The van der Waals surface area contributed by atoms with Crippen molar-refractivity contribution in [3.05, 3.63) is 35.0 Å². The van der Waals surface area contributed by atoms with Crippen LogP contribution in [0.25, 0.3) is 10.9 Å². The van der Waals surface area contributed by atoms with Crippen LogP contribution in [0.15, 0.2) is 18.2 Å². The summed E-state index contributed by atoms with van der Waals surface area (Å²) in [5, 5.41) is 4.25. The average molecular weight is 315 g/mol. The van der Waals surface area contributed by atoms with E-state index in [4.69, 9.17) is 4.74 Å². The number of nitrogens with zero attached hydrogens (tertiary/aromatic N) is 1. The molecule has 0 bridgehead atoms. The molecule has 1 fully saturated rings. The fourth-order valence-electron chi connectivity index (χ4n) is 3.34. The fourth-order valence-corrected chi connectivity index (χ4v) is 3.34. The summed E-state index contributed by atoms with van der Waals surface area (Å²) in [5.74, 6) is -0.0323. The van der Waals surface area contributed by atoms with Crippen LogP contribution in [0, 0.1) is 13.8 Å². The molecule has 0 aliphatic carbocycles. The number of carbonyl (C=O) groups excluding carboxylic acids is 1. The van der Waals surface area contributed by atoms with E-state index in [2.05, 4.69) is 36.1 Å². The van der Waals surface area contributed by atoms with Crippen molar-refractivity contribution < 1.29 is 9.53 Å². The second kappa shape index (κ2) is 6.34. The highest BCUT2D eigenvalue weighted by molar-refractivity contribution is 5.99. The third kappa shape index (κ3) is 3.12. The minimum Gasteiger partial charge on any atom is -0.375 e. The van der Waals surface area contributed by atoms with Gasteiger partial charge >= 0.3 is 0 Å². The summed E-state index contributed by atoms with van der Waals surface area (Å²) < 4.78 is 5.75. The van der Waals surface area contributed by atoms with Crippen LogP contribution >= 0.6 is 0 Å². The van der Waals surface area contributed by atoms with Crippen LogP contribution in [0.1, 0.15) is 28.5 Å². The molecular weight excluding hydrogens is 290 g/mol. The number of rotatable bonds is 4. The van der Waals surface area contributed by atoms with Gasteiger partial charge in [-0.2, -0.15) is 0 Å². The Bertz CT molecular complexity index is 722. The number of likely N-dealkylation sites (tertiary alicyclic amines) is 1. The Morgan fingerprint density at radius 2 is 2.17 bits per heavy atom. The van der Waals surface area contributed by atoms with Crippen molar-refractivity contribution >= 4 is 16.8 Å². The summed E-state index contributed by atoms with van der Waals surface area (Å²) in [7, 11) is 2.05. The summed E-state index contributed by atoms with van der Waals surface area (Å²) in [5.41, 5.74) is 4.11. The molecule has 3 rings (SSSR count). The van der Waals surface area contributed by atoms with Crippen LogP contribution in [0.3, 0.4) is 0 Å². The summed E-state index contributed by atoms with van der Waals surface area (Å²) in [6.07, 6.45) is 0.0638. The van der Waals surface area contributed by atoms with E-state index in [0.29, 0.717) is 12.2 Å². The van der Waals surface area contributed by atoms with Gasteiger partial charge in [-0.05, 0) is 51.6 Å². The van der Waals surface area contributed by atoms with Crippen LogP contribution in [-0.4, -0.2) is 54.7 Å². The topological polar surface area (TPSA) is 57.4 Å². The maximum Gasteiger partial charge on any atom is 0.251 e. The standard InChI is InChI=1S/C18H25N3O2/c1-5-23-17-10-21(4)9-16(17)20-18(22)13-6-7-15-14(8-13)11(2)12(3)19-15/h6-8,16-17,19H,5,9-10H2,1-4H3,(H,20,22)/t16-,17-/m1/s1. The first-order chi connectivity index (χ1) is 11.0. The lowest BCUT2D eigenvalue weighted by Crippen LogP contribution is -2.43. The van der Waals surface area contributed by atoms with E-state index in [1.54, 1.807) is 0 Å². The van der Waals surface area contributed by atoms with Gasteiger partial charge in [-0.3, -0.25) is 4.79 Å². The molecule has 1 amide bonds. The van der Waals surface area contributed by atoms with E-state index < -0.39 is 0 Å². The zero-order chi connectivity index (χ0) is 16.6. The van der Waals surface area contributed by atoms with Gasteiger partial charge in [0.2, 0.25) is 0 Å². The van der Waals surface area contributed by atoms with Gasteiger partial charge in [0.15, 0.2) is 0 Å². The molecule has 1 aliphatic rings. The zero-order valence-corrected chi connectivity index (χ0v) is 14.3. The smallest absolute Gasteiger partial charge is 0.251 e. The third-order valence-corrected chi connectivity index (χ3v) is 4.72. The number of fused-ring (bicyclic) bond motifs is 1. The van der Waals surface area contributed by atoms with Gasteiger partial charge in [0.25, 0.3) is 5.91 Å². The number of hydrogen-bond donors (Lipinski definition) is 2. The van der Waals surface area contributed by atoms with Crippen molar-refractivity contribution in [1.82, 2.24) is 15.2 Å². The predicted octanol–water partition coefficient (Wildman–Crippen LogP) is 2.23. The molecule has 5 heteroatoms. The Hall–Kier alpha value is -1.85. The molecule has 5 nitrogen and oxygen atoms in total. The first kappa shape index (κ1) is 16.0. The molecule has 1 saturated heterocycles. The Balaban J connectivity index is 1.79. The number of amides is 1. The fraction of sp³-hybridized carbons (Fsp3) is 0.500. The summed E-state index contributed by atoms with van der Waals surface area (Å²) in [4.78, 5) is 18.1. The Morgan fingerprint density at radius 1 is 1.39 bits per heavy atom. The maximum absolute atomic E-state index is 12.6. The van der Waals surface area contributed by atoms with Gasteiger partial charge < -0.3 is 19.9 Å². The molecule has 0 saturated carbocycles. The molecule has 124 valence electrons. The first-order valence-electron chi connectivity index (χ1n) is 8.19. The van der Waals surface area contributed by atoms with Crippen molar-refractivity contribution in [2.75, 3.05) is 26.7 Å². The monoisotopic (exact) mass is 315 g/mol. The molecule has 23 heavy (non-hydrogen) atoms. The van der Waals surface area contributed by atoms with E-state index in [9.17, 15) is 4.79 Å². The van der Waals surface area contributed by atoms with Crippen molar-refractivity contribution in [2.45, 2.75) is 32.9 Å². The highest BCUT2D eigenvalue weighted by atomic mass is 16.5. The molecule has 1 aliphatic heterocycles. The number of aryl methyl sites for hydroxylation is 2. The largest absolute Gasteiger partial charge is 0.375 e. The van der Waals surface area contributed by atoms with Crippen LogP contribution in [0.5, 0.6) is 0 Å². The van der Waals surface area contributed by atoms with Crippen molar-refractivity contribution in [2.24, 2.45) is 0 Å². The van der Waals surface area contributed by atoms with Gasteiger partial charge in [-0.25, -0.2) is 0 Å². The first-order valence-corrected chi connectivity index (χ1v) is 8.19. The number of likely N-dealkylation sites (N-methyl/N-ethyl adjacent to an activating group) is 1. The SMILES string of the molecule is CCO[C@@H]1CN(C)C[C@H]1NC(=O)c1ccc2[nH]c(C)c(C)c2c1. The summed E-state index contributed by atoms with van der Waals surface area (Å²) in [6.45, 7) is 8.46. The highest BCUT2D eigenvalue weighted by Gasteiger charge is 2.32. The minimum atomic E-state index is -0.0323. The van der Waals surface area contributed by atoms with E-state index >= 15 is 0 Å². The van der Waals surface area contributed by atoms with Crippen molar-refractivity contribution in [3.8, 4) is 0 Å². The van der Waals surface area contributed by atoms with E-state index in [1.165, 1.54) is 5.56 Å². The van der Waals surface area contributed by atoms with Gasteiger partial charge in [0.05, 0.1) is 12.1 Å². The molecule has 1 aromatic heterocycles. The average Bonchev–Trinajstić information content (AvgIpc) is 3.00. The molecule has 2 aromatic rings. The van der Waals surface area contributed by atoms with Crippen LogP contribution in [-0.2, 0) is 4.74 Å². The normalized spacial score (nSPS) is 21.9. The van der Waals surface area contributed by atoms with Gasteiger partial charge in [-0.1, -0.05) is 0 Å². The molecule has 0 radical (unpaired) electrons. The molecule has 0 unspecified atom stereocenters. The lowest BCUT2D eigenvalue weighted by Gasteiger charge is -2.19. The molecule has 2 atom stereocenters. The summed E-state index contributed by atoms with van der Waals surface area (Å²) >= 11 is 0. The molecular formula is C18H25N3O2. The number of carbonyl (C=O) groups is 1. The lowest BCUT2D eigenvalue weighted by atomic mass is 10.1. The highest BCUT2D eigenvalue weighted by Crippen LogP contribution is 2.22. The number of nitrogens with one attached hydrogen (secondary N) is 2. The van der Waals surface area contributed by atoms with Gasteiger partial charge in [0, 0.05) is 41.9 Å². The number of H-pyrrole nitrogens is 1. The quantitative estimate of drug-likeness (QED) is 0.910. The lowest BCUT2D eigenvalue weighted by molar-refractivity contribution is 0.0513. The molecule has 2 heterocycles.